The first-order chi connectivity index (χ1) is 9.13. The van der Waals surface area contributed by atoms with Crippen LogP contribution in [0.25, 0.3) is 0 Å². The van der Waals surface area contributed by atoms with Crippen molar-refractivity contribution in [2.24, 2.45) is 11.7 Å². The van der Waals surface area contributed by atoms with Gasteiger partial charge in [-0.3, -0.25) is 4.79 Å². The van der Waals surface area contributed by atoms with Crippen LogP contribution in [-0.2, 0) is 0 Å². The smallest absolute Gasteiger partial charge is 0.257 e. The fourth-order valence-electron chi connectivity index (χ4n) is 2.38. The summed E-state index contributed by atoms with van der Waals surface area (Å²) in [6, 6.07) is 7.46. The number of ether oxygens (including phenoxy) is 1. The van der Waals surface area contributed by atoms with Gasteiger partial charge in [0.05, 0.1) is 12.2 Å². The van der Waals surface area contributed by atoms with Gasteiger partial charge in [0.25, 0.3) is 5.91 Å². The van der Waals surface area contributed by atoms with E-state index in [1.54, 1.807) is 0 Å². The average molecular weight is 262 g/mol. The zero-order valence-corrected chi connectivity index (χ0v) is 11.6. The molecule has 1 fully saturated rings. The lowest BCUT2D eigenvalue weighted by Gasteiger charge is -2.35. The molecule has 1 aromatic carbocycles. The Kier molecular flexibility index (Phi) is 4.43. The highest BCUT2D eigenvalue weighted by molar-refractivity contribution is 5.97. The Balaban J connectivity index is 2.15. The summed E-state index contributed by atoms with van der Waals surface area (Å²) < 4.78 is 5.52. The van der Waals surface area contributed by atoms with Crippen LogP contribution in [0.2, 0.25) is 0 Å². The second-order valence-corrected chi connectivity index (χ2v) is 5.11. The van der Waals surface area contributed by atoms with E-state index < -0.39 is 0 Å². The van der Waals surface area contributed by atoms with Crippen molar-refractivity contribution in [1.29, 1.82) is 0 Å². The molecule has 2 atom stereocenters. The van der Waals surface area contributed by atoms with Crippen molar-refractivity contribution in [3.8, 4) is 5.75 Å². The number of carbonyl (C=O) groups is 1. The molecule has 1 amide bonds. The Morgan fingerprint density at radius 3 is 2.89 bits per heavy atom. The Hall–Kier alpha value is -1.55. The molecule has 1 aromatic rings. The van der Waals surface area contributed by atoms with Crippen LogP contribution in [0, 0.1) is 5.92 Å². The summed E-state index contributed by atoms with van der Waals surface area (Å²) >= 11 is 0. The van der Waals surface area contributed by atoms with Gasteiger partial charge in [-0.2, -0.15) is 0 Å². The highest BCUT2D eigenvalue weighted by atomic mass is 16.5. The second-order valence-electron chi connectivity index (χ2n) is 5.11. The number of hydrogen-bond acceptors (Lipinski definition) is 3. The largest absolute Gasteiger partial charge is 0.493 e. The SMILES string of the molecule is CCOc1ccccc1C(=O)N1CCC(C)C(N)C1. The van der Waals surface area contributed by atoms with Gasteiger partial charge in [0.1, 0.15) is 5.75 Å². The molecule has 1 aliphatic rings. The molecule has 1 saturated heterocycles. The monoisotopic (exact) mass is 262 g/mol. The van der Waals surface area contributed by atoms with Gasteiger partial charge in [-0.25, -0.2) is 0 Å². The summed E-state index contributed by atoms with van der Waals surface area (Å²) in [6.45, 7) is 6.01. The predicted octanol–water partition coefficient (Wildman–Crippen LogP) is 1.89. The van der Waals surface area contributed by atoms with Gasteiger partial charge in [-0.15, -0.1) is 0 Å². The second kappa shape index (κ2) is 6.06. The molecular weight excluding hydrogens is 240 g/mol. The van der Waals surface area contributed by atoms with Crippen LogP contribution in [0.3, 0.4) is 0 Å². The van der Waals surface area contributed by atoms with Crippen LogP contribution in [0.1, 0.15) is 30.6 Å². The first kappa shape index (κ1) is 13.9. The van der Waals surface area contributed by atoms with Crippen LogP contribution in [0.4, 0.5) is 0 Å². The van der Waals surface area contributed by atoms with Crippen LogP contribution in [0.5, 0.6) is 5.75 Å². The molecule has 4 nitrogen and oxygen atoms in total. The van der Waals surface area contributed by atoms with Gasteiger partial charge in [0.2, 0.25) is 0 Å². The Labute approximate surface area is 114 Å². The van der Waals surface area contributed by atoms with Crippen LogP contribution in [-0.4, -0.2) is 36.5 Å². The molecule has 1 heterocycles. The number of nitrogens with zero attached hydrogens (tertiary/aromatic N) is 1. The fourth-order valence-corrected chi connectivity index (χ4v) is 2.38. The first-order valence-electron chi connectivity index (χ1n) is 6.90. The van der Waals surface area contributed by atoms with Crippen molar-refractivity contribution in [3.63, 3.8) is 0 Å². The molecule has 0 aromatic heterocycles. The summed E-state index contributed by atoms with van der Waals surface area (Å²) in [7, 11) is 0. The summed E-state index contributed by atoms with van der Waals surface area (Å²) in [6.07, 6.45) is 0.962. The normalized spacial score (nSPS) is 23.2. The highest BCUT2D eigenvalue weighted by Crippen LogP contribution is 2.23. The minimum Gasteiger partial charge on any atom is -0.493 e. The quantitative estimate of drug-likeness (QED) is 0.905. The van der Waals surface area contributed by atoms with E-state index in [9.17, 15) is 4.79 Å². The maximum Gasteiger partial charge on any atom is 0.257 e. The molecule has 104 valence electrons. The first-order valence-corrected chi connectivity index (χ1v) is 6.90. The molecule has 0 spiro atoms. The number of piperidine rings is 1. The number of nitrogens with two attached hydrogens (primary N) is 1. The fraction of sp³-hybridized carbons (Fsp3) is 0.533. The van der Waals surface area contributed by atoms with Crippen molar-refractivity contribution in [2.45, 2.75) is 26.3 Å². The number of rotatable bonds is 3. The number of hydrogen-bond donors (Lipinski definition) is 1. The van der Waals surface area contributed by atoms with E-state index in [1.165, 1.54) is 0 Å². The number of carbonyl (C=O) groups excluding carboxylic acids is 1. The van der Waals surface area contributed by atoms with Gasteiger partial charge in [0, 0.05) is 19.1 Å². The van der Waals surface area contributed by atoms with E-state index in [4.69, 9.17) is 10.5 Å². The van der Waals surface area contributed by atoms with Crippen molar-refractivity contribution >= 4 is 5.91 Å². The van der Waals surface area contributed by atoms with Crippen LogP contribution >= 0.6 is 0 Å². The van der Waals surface area contributed by atoms with Crippen molar-refractivity contribution in [3.05, 3.63) is 29.8 Å². The maximum atomic E-state index is 12.5. The highest BCUT2D eigenvalue weighted by Gasteiger charge is 2.28. The molecule has 2 unspecified atom stereocenters. The lowest BCUT2D eigenvalue weighted by Crippen LogP contribution is -2.49. The maximum absolute atomic E-state index is 12.5. The Morgan fingerprint density at radius 1 is 1.47 bits per heavy atom. The third kappa shape index (κ3) is 3.07. The van der Waals surface area contributed by atoms with Gasteiger partial charge in [-0.05, 0) is 31.4 Å². The summed E-state index contributed by atoms with van der Waals surface area (Å²) in [4.78, 5) is 14.4. The summed E-state index contributed by atoms with van der Waals surface area (Å²) in [5, 5.41) is 0. The average Bonchev–Trinajstić information content (AvgIpc) is 2.42. The molecular formula is C15H22N2O2. The number of likely N-dealkylation sites (tertiary alicyclic amines) is 1. The van der Waals surface area contributed by atoms with Crippen molar-refractivity contribution in [2.75, 3.05) is 19.7 Å². The molecule has 0 radical (unpaired) electrons. The lowest BCUT2D eigenvalue weighted by atomic mass is 9.94. The number of amides is 1. The van der Waals surface area contributed by atoms with Crippen molar-refractivity contribution < 1.29 is 9.53 Å². The summed E-state index contributed by atoms with van der Waals surface area (Å²) in [5.74, 6) is 1.15. The standard InChI is InChI=1S/C15H22N2O2/c1-3-19-14-7-5-4-6-12(14)15(18)17-9-8-11(2)13(16)10-17/h4-7,11,13H,3,8-10,16H2,1-2H3. The van der Waals surface area contributed by atoms with Gasteiger partial charge in [0.15, 0.2) is 0 Å². The van der Waals surface area contributed by atoms with Crippen LogP contribution < -0.4 is 10.5 Å². The molecule has 0 saturated carbocycles. The molecule has 19 heavy (non-hydrogen) atoms. The Bertz CT molecular complexity index is 448. The van der Waals surface area contributed by atoms with Gasteiger partial charge < -0.3 is 15.4 Å². The van der Waals surface area contributed by atoms with E-state index in [0.29, 0.717) is 30.4 Å². The zero-order valence-electron chi connectivity index (χ0n) is 11.6. The van der Waals surface area contributed by atoms with Crippen LogP contribution in [0.15, 0.2) is 24.3 Å². The molecule has 2 N–H and O–H groups in total. The molecule has 1 aliphatic heterocycles. The minimum absolute atomic E-state index is 0.0198. The number of benzene rings is 1. The topological polar surface area (TPSA) is 55.6 Å². The van der Waals surface area contributed by atoms with E-state index in [2.05, 4.69) is 6.92 Å². The zero-order chi connectivity index (χ0) is 13.8. The minimum atomic E-state index is 0.0198. The van der Waals surface area contributed by atoms with E-state index in [-0.39, 0.29) is 11.9 Å². The van der Waals surface area contributed by atoms with E-state index in [1.807, 2.05) is 36.1 Å². The summed E-state index contributed by atoms with van der Waals surface area (Å²) in [5.41, 5.74) is 6.69. The van der Waals surface area contributed by atoms with E-state index in [0.717, 1.165) is 13.0 Å². The van der Waals surface area contributed by atoms with Gasteiger partial charge >= 0.3 is 0 Å². The van der Waals surface area contributed by atoms with Crippen molar-refractivity contribution in [1.82, 2.24) is 4.90 Å². The third-order valence-electron chi connectivity index (χ3n) is 3.72. The molecule has 2 rings (SSSR count). The molecule has 0 aliphatic carbocycles. The predicted molar refractivity (Wildman–Crippen MR) is 75.3 cm³/mol. The molecule has 0 bridgehead atoms. The molecule has 4 heteroatoms. The van der Waals surface area contributed by atoms with E-state index >= 15 is 0 Å². The third-order valence-corrected chi connectivity index (χ3v) is 3.72. The van der Waals surface area contributed by atoms with Gasteiger partial charge in [-0.1, -0.05) is 19.1 Å². The Morgan fingerprint density at radius 2 is 2.21 bits per heavy atom. The lowest BCUT2D eigenvalue weighted by molar-refractivity contribution is 0.0668. The number of para-hydroxylation sites is 1.